The summed E-state index contributed by atoms with van der Waals surface area (Å²) < 4.78 is 0. The average molecular weight is 258 g/mol. The summed E-state index contributed by atoms with van der Waals surface area (Å²) in [6.07, 6.45) is 3.67. The van der Waals surface area contributed by atoms with Crippen LogP contribution in [0.4, 0.5) is 0 Å². The molecule has 94 valence electrons. The van der Waals surface area contributed by atoms with Gasteiger partial charge in [0.25, 0.3) is 0 Å². The van der Waals surface area contributed by atoms with Crippen LogP contribution in [0.1, 0.15) is 40.8 Å². The lowest BCUT2D eigenvalue weighted by Crippen LogP contribution is -2.33. The Kier molecular flexibility index (Phi) is 3.46. The minimum atomic E-state index is 0.242. The van der Waals surface area contributed by atoms with Gasteiger partial charge in [-0.1, -0.05) is 30.3 Å². The van der Waals surface area contributed by atoms with Crippen molar-refractivity contribution in [2.24, 2.45) is 5.84 Å². The third kappa shape index (κ3) is 2.09. The fraction of sp³-hybridized carbons (Fsp3) is 0.333. The Bertz CT molecular complexity index is 507. The molecule has 2 nitrogen and oxygen atoms in total. The highest BCUT2D eigenvalue weighted by molar-refractivity contribution is 7.10. The van der Waals surface area contributed by atoms with E-state index in [1.807, 2.05) is 0 Å². The highest BCUT2D eigenvalue weighted by Crippen LogP contribution is 2.40. The number of thiophene rings is 1. The summed E-state index contributed by atoms with van der Waals surface area (Å²) in [5.74, 6) is 6.31. The van der Waals surface area contributed by atoms with Crippen molar-refractivity contribution in [2.75, 3.05) is 0 Å². The van der Waals surface area contributed by atoms with Gasteiger partial charge in [-0.05, 0) is 41.8 Å². The SMILES string of the molecule is NNC(c1cccs1)C1CCCc2ccccc21. The highest BCUT2D eigenvalue weighted by atomic mass is 32.1. The maximum Gasteiger partial charge on any atom is 0.0621 e. The van der Waals surface area contributed by atoms with Gasteiger partial charge in [-0.2, -0.15) is 0 Å². The van der Waals surface area contributed by atoms with Crippen molar-refractivity contribution < 1.29 is 0 Å². The first-order valence-electron chi connectivity index (χ1n) is 6.47. The first-order valence-corrected chi connectivity index (χ1v) is 7.35. The molecule has 1 aliphatic carbocycles. The molecule has 0 aliphatic heterocycles. The normalized spacial score (nSPS) is 20.4. The molecule has 1 aliphatic rings. The Labute approximate surface area is 112 Å². The van der Waals surface area contributed by atoms with Gasteiger partial charge in [-0.25, -0.2) is 0 Å². The van der Waals surface area contributed by atoms with Gasteiger partial charge in [0.05, 0.1) is 6.04 Å². The summed E-state index contributed by atoms with van der Waals surface area (Å²) in [6.45, 7) is 0. The molecular weight excluding hydrogens is 240 g/mol. The average Bonchev–Trinajstić information content (AvgIpc) is 2.94. The molecule has 0 bridgehead atoms. The van der Waals surface area contributed by atoms with Gasteiger partial charge in [-0.3, -0.25) is 11.3 Å². The van der Waals surface area contributed by atoms with Crippen LogP contribution in [0.5, 0.6) is 0 Å². The largest absolute Gasteiger partial charge is 0.271 e. The van der Waals surface area contributed by atoms with E-state index in [0.29, 0.717) is 5.92 Å². The van der Waals surface area contributed by atoms with Crippen LogP contribution in [0.2, 0.25) is 0 Å². The summed E-state index contributed by atoms with van der Waals surface area (Å²) in [5.41, 5.74) is 5.99. The Morgan fingerprint density at radius 1 is 1.22 bits per heavy atom. The van der Waals surface area contributed by atoms with Gasteiger partial charge >= 0.3 is 0 Å². The first kappa shape index (κ1) is 11.9. The highest BCUT2D eigenvalue weighted by Gasteiger charge is 2.28. The van der Waals surface area contributed by atoms with Crippen molar-refractivity contribution in [2.45, 2.75) is 31.2 Å². The lowest BCUT2D eigenvalue weighted by molar-refractivity contribution is 0.413. The topological polar surface area (TPSA) is 38.0 Å². The molecule has 1 aromatic heterocycles. The van der Waals surface area contributed by atoms with Crippen molar-refractivity contribution in [3.8, 4) is 0 Å². The number of benzene rings is 1. The third-order valence-electron chi connectivity index (χ3n) is 3.85. The van der Waals surface area contributed by atoms with E-state index in [9.17, 15) is 0 Å². The molecule has 18 heavy (non-hydrogen) atoms. The Morgan fingerprint density at radius 2 is 2.11 bits per heavy atom. The molecular formula is C15H18N2S. The molecule has 0 spiro atoms. The standard InChI is InChI=1S/C15H18N2S/c16-17-15(14-9-4-10-18-14)13-8-3-6-11-5-1-2-7-12(11)13/h1-2,4-5,7,9-10,13,15,17H,3,6,8,16H2. The summed E-state index contributed by atoms with van der Waals surface area (Å²) in [5, 5.41) is 2.12. The number of nitrogens with two attached hydrogens (primary N) is 1. The lowest BCUT2D eigenvalue weighted by Gasteiger charge is -2.31. The van der Waals surface area contributed by atoms with E-state index < -0.39 is 0 Å². The molecule has 3 rings (SSSR count). The molecule has 3 heteroatoms. The van der Waals surface area contributed by atoms with Crippen LogP contribution >= 0.6 is 11.3 Å². The number of aryl methyl sites for hydroxylation is 1. The van der Waals surface area contributed by atoms with Crippen LogP contribution in [-0.4, -0.2) is 0 Å². The number of rotatable bonds is 3. The number of fused-ring (bicyclic) bond motifs is 1. The molecule has 0 radical (unpaired) electrons. The second-order valence-electron chi connectivity index (χ2n) is 4.86. The molecule has 2 unspecified atom stereocenters. The molecule has 2 aromatic rings. The van der Waals surface area contributed by atoms with Gasteiger partial charge in [0.2, 0.25) is 0 Å². The van der Waals surface area contributed by atoms with Crippen molar-refractivity contribution in [3.05, 3.63) is 57.8 Å². The van der Waals surface area contributed by atoms with Crippen molar-refractivity contribution >= 4 is 11.3 Å². The van der Waals surface area contributed by atoms with Gasteiger partial charge in [0.15, 0.2) is 0 Å². The van der Waals surface area contributed by atoms with Crippen molar-refractivity contribution in [1.29, 1.82) is 0 Å². The fourth-order valence-electron chi connectivity index (χ4n) is 3.00. The quantitative estimate of drug-likeness (QED) is 0.654. The molecule has 1 heterocycles. The number of nitrogens with one attached hydrogen (secondary N) is 1. The van der Waals surface area contributed by atoms with E-state index in [1.165, 1.54) is 35.3 Å². The zero-order chi connectivity index (χ0) is 12.4. The summed E-state index contributed by atoms with van der Waals surface area (Å²) >= 11 is 1.78. The van der Waals surface area contributed by atoms with Gasteiger partial charge < -0.3 is 0 Å². The maximum atomic E-state index is 5.81. The van der Waals surface area contributed by atoms with E-state index in [-0.39, 0.29) is 6.04 Å². The van der Waals surface area contributed by atoms with Crippen molar-refractivity contribution in [3.63, 3.8) is 0 Å². The second-order valence-corrected chi connectivity index (χ2v) is 5.84. The third-order valence-corrected chi connectivity index (χ3v) is 4.80. The predicted octanol–water partition coefficient (Wildman–Crippen LogP) is 3.37. The molecule has 0 saturated heterocycles. The second kappa shape index (κ2) is 5.22. The van der Waals surface area contributed by atoms with Crippen LogP contribution in [0, 0.1) is 0 Å². The minimum absolute atomic E-state index is 0.242. The smallest absolute Gasteiger partial charge is 0.0621 e. The maximum absolute atomic E-state index is 5.81. The number of hydrogen-bond donors (Lipinski definition) is 2. The fourth-order valence-corrected chi connectivity index (χ4v) is 3.85. The Balaban J connectivity index is 1.97. The zero-order valence-corrected chi connectivity index (χ0v) is 11.1. The Hall–Kier alpha value is -1.16. The van der Waals surface area contributed by atoms with E-state index in [4.69, 9.17) is 5.84 Å². The molecule has 0 amide bonds. The molecule has 0 saturated carbocycles. The number of hydrazine groups is 1. The molecule has 3 N–H and O–H groups in total. The van der Waals surface area contributed by atoms with Gasteiger partial charge in [0, 0.05) is 10.8 Å². The van der Waals surface area contributed by atoms with Crippen LogP contribution in [0.15, 0.2) is 41.8 Å². The van der Waals surface area contributed by atoms with E-state index in [1.54, 1.807) is 11.3 Å². The van der Waals surface area contributed by atoms with Gasteiger partial charge in [0.1, 0.15) is 0 Å². The molecule has 2 atom stereocenters. The van der Waals surface area contributed by atoms with Crippen LogP contribution in [-0.2, 0) is 6.42 Å². The van der Waals surface area contributed by atoms with Crippen molar-refractivity contribution in [1.82, 2.24) is 5.43 Å². The van der Waals surface area contributed by atoms with Crippen LogP contribution in [0.3, 0.4) is 0 Å². The summed E-state index contributed by atoms with van der Waals surface area (Å²) in [7, 11) is 0. The van der Waals surface area contributed by atoms with E-state index >= 15 is 0 Å². The lowest BCUT2D eigenvalue weighted by atomic mass is 9.78. The summed E-state index contributed by atoms with van der Waals surface area (Å²) in [4.78, 5) is 1.33. The van der Waals surface area contributed by atoms with E-state index in [0.717, 1.165) is 0 Å². The monoisotopic (exact) mass is 258 g/mol. The first-order chi connectivity index (χ1) is 8.90. The van der Waals surface area contributed by atoms with E-state index in [2.05, 4.69) is 47.2 Å². The summed E-state index contributed by atoms with van der Waals surface area (Å²) in [6, 6.07) is 13.3. The minimum Gasteiger partial charge on any atom is -0.271 e. The molecule has 0 fully saturated rings. The van der Waals surface area contributed by atoms with Crippen LogP contribution < -0.4 is 11.3 Å². The Morgan fingerprint density at radius 3 is 2.89 bits per heavy atom. The predicted molar refractivity (Wildman–Crippen MR) is 76.5 cm³/mol. The zero-order valence-electron chi connectivity index (χ0n) is 10.3. The number of hydrogen-bond acceptors (Lipinski definition) is 3. The molecule has 1 aromatic carbocycles. The van der Waals surface area contributed by atoms with Crippen LogP contribution in [0.25, 0.3) is 0 Å². The van der Waals surface area contributed by atoms with Gasteiger partial charge in [-0.15, -0.1) is 11.3 Å².